The lowest BCUT2D eigenvalue weighted by Crippen LogP contribution is -2.07. The average Bonchev–Trinajstić information content (AvgIpc) is 2.73. The molecule has 0 saturated heterocycles. The van der Waals surface area contributed by atoms with Gasteiger partial charge in [0.05, 0.1) is 5.39 Å². The third kappa shape index (κ3) is 3.09. The Balaban J connectivity index is 1.76. The Morgan fingerprint density at radius 2 is 1.24 bits per heavy atom. The number of hydrogen-bond donors (Lipinski definition) is 0. The highest BCUT2D eigenvalue weighted by Gasteiger charge is 2.14. The summed E-state index contributed by atoms with van der Waals surface area (Å²) in [7, 11) is 4.01. The van der Waals surface area contributed by atoms with E-state index in [1.165, 1.54) is 12.1 Å². The van der Waals surface area contributed by atoms with Gasteiger partial charge < -0.3 is 13.7 Å². The van der Waals surface area contributed by atoms with Crippen LogP contribution in [0.4, 0.5) is 5.69 Å². The largest absolute Gasteiger partial charge is 0.456 e. The quantitative estimate of drug-likeness (QED) is 0.388. The van der Waals surface area contributed by atoms with Crippen molar-refractivity contribution in [2.45, 2.75) is 0 Å². The lowest BCUT2D eigenvalue weighted by Gasteiger charge is -2.13. The summed E-state index contributed by atoms with van der Waals surface area (Å²) >= 11 is 0. The van der Waals surface area contributed by atoms with E-state index >= 15 is 0 Å². The van der Waals surface area contributed by atoms with Crippen LogP contribution in [0, 0.1) is 0 Å². The average molecular weight is 381 g/mol. The lowest BCUT2D eigenvalue weighted by molar-refractivity contribution is 0.607. The SMILES string of the molecule is CN(C)c1ccc(-c2cc3cc(-c4ccccc4)oc4cc(=O)cc(o2)c34)cc1. The van der Waals surface area contributed by atoms with Gasteiger partial charge in [0.25, 0.3) is 0 Å². The molecule has 2 heterocycles. The molecule has 3 aromatic carbocycles. The van der Waals surface area contributed by atoms with E-state index in [1.807, 2.05) is 85.7 Å². The fourth-order valence-electron chi connectivity index (χ4n) is 3.59. The Hall–Kier alpha value is -3.79. The second kappa shape index (κ2) is 6.67. The maximum absolute atomic E-state index is 12.2. The van der Waals surface area contributed by atoms with Crippen LogP contribution in [0.2, 0.25) is 0 Å². The van der Waals surface area contributed by atoms with Gasteiger partial charge in [-0.3, -0.25) is 4.79 Å². The fraction of sp³-hybridized carbons (Fsp3) is 0.0800. The summed E-state index contributed by atoms with van der Waals surface area (Å²) in [6, 6.07) is 25.1. The van der Waals surface area contributed by atoms with Crippen LogP contribution in [-0.4, -0.2) is 14.1 Å². The molecule has 29 heavy (non-hydrogen) atoms. The molecule has 0 radical (unpaired) electrons. The van der Waals surface area contributed by atoms with Gasteiger partial charge in [-0.25, -0.2) is 0 Å². The maximum Gasteiger partial charge on any atom is 0.186 e. The molecule has 2 aromatic heterocycles. The molecule has 5 rings (SSSR count). The highest BCUT2D eigenvalue weighted by atomic mass is 16.3. The van der Waals surface area contributed by atoms with Crippen molar-refractivity contribution in [2.24, 2.45) is 0 Å². The monoisotopic (exact) mass is 381 g/mol. The van der Waals surface area contributed by atoms with Gasteiger partial charge >= 0.3 is 0 Å². The predicted octanol–water partition coefficient (Wildman–Crippen LogP) is 5.94. The summed E-state index contributed by atoms with van der Waals surface area (Å²) in [6.45, 7) is 0. The number of anilines is 1. The molecule has 0 atom stereocenters. The number of hydrogen-bond acceptors (Lipinski definition) is 4. The van der Waals surface area contributed by atoms with Crippen LogP contribution in [-0.2, 0) is 0 Å². The summed E-state index contributed by atoms with van der Waals surface area (Å²) < 4.78 is 12.2. The van der Waals surface area contributed by atoms with E-state index in [0.29, 0.717) is 22.7 Å². The highest BCUT2D eigenvalue weighted by molar-refractivity contribution is 6.07. The predicted molar refractivity (Wildman–Crippen MR) is 117 cm³/mol. The molecule has 0 spiro atoms. The van der Waals surface area contributed by atoms with Crippen molar-refractivity contribution >= 4 is 27.6 Å². The van der Waals surface area contributed by atoms with Gasteiger partial charge in [-0.2, -0.15) is 0 Å². The summed E-state index contributed by atoms with van der Waals surface area (Å²) in [4.78, 5) is 14.3. The number of benzene rings is 3. The van der Waals surface area contributed by atoms with E-state index in [2.05, 4.69) is 0 Å². The number of rotatable bonds is 3. The molecule has 0 amide bonds. The molecule has 5 aromatic rings. The van der Waals surface area contributed by atoms with Crippen LogP contribution in [0.25, 0.3) is 44.6 Å². The first-order valence-electron chi connectivity index (χ1n) is 9.43. The van der Waals surface area contributed by atoms with Crippen molar-refractivity contribution in [2.75, 3.05) is 19.0 Å². The minimum absolute atomic E-state index is 0.142. The topological polar surface area (TPSA) is 46.6 Å². The summed E-state index contributed by atoms with van der Waals surface area (Å²) in [5.41, 5.74) is 3.94. The van der Waals surface area contributed by atoms with Crippen LogP contribution in [0.5, 0.6) is 0 Å². The molecular formula is C25H19NO3. The molecule has 0 aliphatic heterocycles. The number of nitrogens with zero attached hydrogens (tertiary/aromatic N) is 1. The first-order chi connectivity index (χ1) is 14.1. The Morgan fingerprint density at radius 3 is 1.79 bits per heavy atom. The Kier molecular flexibility index (Phi) is 3.98. The highest BCUT2D eigenvalue weighted by Crippen LogP contribution is 2.35. The molecule has 0 bridgehead atoms. The zero-order valence-electron chi connectivity index (χ0n) is 16.2. The molecule has 0 N–H and O–H groups in total. The van der Waals surface area contributed by atoms with Crippen molar-refractivity contribution in [1.29, 1.82) is 0 Å². The second-order valence-corrected chi connectivity index (χ2v) is 7.28. The molecule has 4 nitrogen and oxygen atoms in total. The molecule has 0 aliphatic rings. The first-order valence-corrected chi connectivity index (χ1v) is 9.43. The standard InChI is InChI=1S/C25H19NO3/c1-26(2)19-10-8-17(9-11-19)22-13-18-12-21(16-6-4-3-5-7-16)28-23-14-20(27)15-24(29-22)25(18)23/h3-15H,1-2H3. The molecule has 0 fully saturated rings. The zero-order chi connectivity index (χ0) is 20.0. The Bertz CT molecular complexity index is 1380. The van der Waals surface area contributed by atoms with Gasteiger partial charge in [0.1, 0.15) is 22.7 Å². The van der Waals surface area contributed by atoms with Crippen LogP contribution in [0.1, 0.15) is 0 Å². The summed E-state index contributed by atoms with van der Waals surface area (Å²) in [6.07, 6.45) is 0. The molecule has 142 valence electrons. The van der Waals surface area contributed by atoms with E-state index < -0.39 is 0 Å². The van der Waals surface area contributed by atoms with Crippen molar-refractivity contribution in [3.05, 3.63) is 89.1 Å². The van der Waals surface area contributed by atoms with Gasteiger partial charge in [-0.1, -0.05) is 30.3 Å². The zero-order valence-corrected chi connectivity index (χ0v) is 16.2. The van der Waals surface area contributed by atoms with Gasteiger partial charge in [-0.15, -0.1) is 0 Å². The van der Waals surface area contributed by atoms with Crippen molar-refractivity contribution in [1.82, 2.24) is 0 Å². The molecule has 4 heteroatoms. The van der Waals surface area contributed by atoms with Crippen LogP contribution in [0.15, 0.2) is 92.5 Å². The third-order valence-corrected chi connectivity index (χ3v) is 5.07. The Labute approximate surface area is 167 Å². The minimum atomic E-state index is -0.142. The van der Waals surface area contributed by atoms with Gasteiger partial charge in [0.15, 0.2) is 5.43 Å². The van der Waals surface area contributed by atoms with Gasteiger partial charge in [-0.05, 0) is 41.8 Å². The van der Waals surface area contributed by atoms with Crippen LogP contribution >= 0.6 is 0 Å². The first kappa shape index (κ1) is 17.3. The fourth-order valence-corrected chi connectivity index (χ4v) is 3.59. The van der Waals surface area contributed by atoms with E-state index in [9.17, 15) is 4.79 Å². The molecule has 0 aliphatic carbocycles. The van der Waals surface area contributed by atoms with Crippen LogP contribution in [0.3, 0.4) is 0 Å². The minimum Gasteiger partial charge on any atom is -0.456 e. The third-order valence-electron chi connectivity index (χ3n) is 5.07. The van der Waals surface area contributed by atoms with Gasteiger partial charge in [0.2, 0.25) is 0 Å². The summed E-state index contributed by atoms with van der Waals surface area (Å²) in [5.74, 6) is 1.42. The maximum atomic E-state index is 12.2. The molecular weight excluding hydrogens is 362 g/mol. The van der Waals surface area contributed by atoms with Crippen molar-refractivity contribution in [3.8, 4) is 22.6 Å². The van der Waals surface area contributed by atoms with Crippen LogP contribution < -0.4 is 10.3 Å². The van der Waals surface area contributed by atoms with Crippen molar-refractivity contribution in [3.63, 3.8) is 0 Å². The smallest absolute Gasteiger partial charge is 0.186 e. The molecule has 0 saturated carbocycles. The van der Waals surface area contributed by atoms with Crippen molar-refractivity contribution < 1.29 is 8.83 Å². The van der Waals surface area contributed by atoms with E-state index in [4.69, 9.17) is 8.83 Å². The van der Waals surface area contributed by atoms with E-state index in [0.717, 1.165) is 27.6 Å². The summed E-state index contributed by atoms with van der Waals surface area (Å²) in [5, 5.41) is 1.79. The van der Waals surface area contributed by atoms with E-state index in [1.54, 1.807) is 0 Å². The molecule has 0 unspecified atom stereocenters. The van der Waals surface area contributed by atoms with E-state index in [-0.39, 0.29) is 5.43 Å². The second-order valence-electron chi connectivity index (χ2n) is 7.28. The normalized spacial score (nSPS) is 11.2. The lowest BCUT2D eigenvalue weighted by atomic mass is 10.0. The Morgan fingerprint density at radius 1 is 0.690 bits per heavy atom. The van der Waals surface area contributed by atoms with Gasteiger partial charge in [0, 0.05) is 43.0 Å².